The molecule has 0 radical (unpaired) electrons. The van der Waals surface area contributed by atoms with Crippen molar-refractivity contribution in [2.45, 2.75) is 13.5 Å². The van der Waals surface area contributed by atoms with Crippen LogP contribution in [0.2, 0.25) is 5.02 Å². The second-order valence-corrected chi connectivity index (χ2v) is 7.30. The van der Waals surface area contributed by atoms with Crippen LogP contribution in [0.5, 0.6) is 0 Å². The average molecular weight is 409 g/mol. The molecule has 4 rings (SSSR count). The van der Waals surface area contributed by atoms with Crippen LogP contribution in [0.15, 0.2) is 36.5 Å². The first-order valence-corrected chi connectivity index (χ1v) is 9.45. The summed E-state index contributed by atoms with van der Waals surface area (Å²) in [6.45, 7) is 1.58. The third-order valence-electron chi connectivity index (χ3n) is 3.94. The van der Waals surface area contributed by atoms with Crippen molar-refractivity contribution < 1.29 is 5.11 Å². The number of rotatable bonds is 4. The van der Waals surface area contributed by atoms with Gasteiger partial charge in [0.15, 0.2) is 11.6 Å². The number of aromatic nitrogens is 4. The van der Waals surface area contributed by atoms with E-state index in [4.69, 9.17) is 11.6 Å². The Labute approximate surface area is 169 Å². The number of anilines is 2. The number of nitriles is 1. The lowest BCUT2D eigenvalue weighted by Crippen LogP contribution is -2.02. The summed E-state index contributed by atoms with van der Waals surface area (Å²) in [6.07, 6.45) is 1.65. The maximum absolute atomic E-state index is 9.41. The molecule has 0 saturated heterocycles. The van der Waals surface area contributed by atoms with Crippen molar-refractivity contribution in [3.8, 4) is 16.6 Å². The molecular weight excluding hydrogens is 396 g/mol. The van der Waals surface area contributed by atoms with E-state index in [2.05, 4.69) is 31.3 Å². The summed E-state index contributed by atoms with van der Waals surface area (Å²) in [5.74, 6) is 1.44. The average Bonchev–Trinajstić information content (AvgIpc) is 3.12. The van der Waals surface area contributed by atoms with E-state index in [-0.39, 0.29) is 6.61 Å². The summed E-state index contributed by atoms with van der Waals surface area (Å²) < 4.78 is 0.808. The van der Waals surface area contributed by atoms with Gasteiger partial charge in [-0.1, -0.05) is 17.7 Å². The minimum atomic E-state index is -0.248. The Hall–Kier alpha value is -3.12. The normalized spacial score (nSPS) is 10.8. The first-order chi connectivity index (χ1) is 13.6. The molecule has 0 aliphatic rings. The monoisotopic (exact) mass is 408 g/mol. The van der Waals surface area contributed by atoms with Crippen molar-refractivity contribution in [3.05, 3.63) is 58.6 Å². The summed E-state index contributed by atoms with van der Waals surface area (Å²) in [7, 11) is 0. The predicted octanol–water partition coefficient (Wildman–Crippen LogP) is 4.22. The van der Waals surface area contributed by atoms with E-state index < -0.39 is 0 Å². The second kappa shape index (κ2) is 7.48. The van der Waals surface area contributed by atoms with E-state index in [0.717, 1.165) is 15.9 Å². The Morgan fingerprint density at radius 1 is 1.25 bits per heavy atom. The van der Waals surface area contributed by atoms with Gasteiger partial charge in [-0.3, -0.25) is 0 Å². The molecule has 1 aromatic carbocycles. The van der Waals surface area contributed by atoms with Crippen LogP contribution in [0.3, 0.4) is 0 Å². The van der Waals surface area contributed by atoms with E-state index in [1.807, 2.05) is 6.92 Å². The van der Waals surface area contributed by atoms with E-state index in [0.29, 0.717) is 38.6 Å². The molecule has 0 unspecified atom stereocenters. The molecule has 0 atom stereocenters. The maximum atomic E-state index is 9.41. The van der Waals surface area contributed by atoms with Gasteiger partial charge >= 0.3 is 0 Å². The number of thiazole rings is 1. The number of halogens is 1. The molecule has 7 nitrogen and oxygen atoms in total. The summed E-state index contributed by atoms with van der Waals surface area (Å²) >= 11 is 7.72. The third kappa shape index (κ3) is 3.39. The van der Waals surface area contributed by atoms with Crippen molar-refractivity contribution >= 4 is 44.8 Å². The highest BCUT2D eigenvalue weighted by Crippen LogP contribution is 2.38. The van der Waals surface area contributed by atoms with Crippen LogP contribution in [-0.4, -0.2) is 25.0 Å². The number of fused-ring (bicyclic) bond motifs is 1. The molecule has 0 fully saturated rings. The number of aryl methyl sites for hydroxylation is 1. The zero-order valence-corrected chi connectivity index (χ0v) is 16.2. The molecule has 9 heteroatoms. The standard InChI is InChI=1S/C19H13ClN6OS/c1-10-7-14(25-15(9-27)23-10)26-18-17-13(5-6-22-18)24-19(28-17)16-11(8-21)3-2-4-12(16)20/h2-7,27H,9H2,1H3,(H,22,23,25,26). The fraction of sp³-hybridized carbons (Fsp3) is 0.105. The molecule has 3 aromatic heterocycles. The van der Waals surface area contributed by atoms with Gasteiger partial charge < -0.3 is 10.4 Å². The molecule has 3 heterocycles. The fourth-order valence-electron chi connectivity index (χ4n) is 2.77. The van der Waals surface area contributed by atoms with Gasteiger partial charge in [-0.05, 0) is 25.1 Å². The Balaban J connectivity index is 1.81. The lowest BCUT2D eigenvalue weighted by molar-refractivity contribution is 0.271. The summed E-state index contributed by atoms with van der Waals surface area (Å²) in [5.41, 5.74) is 2.54. The first-order valence-electron chi connectivity index (χ1n) is 8.26. The van der Waals surface area contributed by atoms with Gasteiger partial charge in [-0.15, -0.1) is 11.3 Å². The number of nitrogens with zero attached hydrogens (tertiary/aromatic N) is 5. The fourth-order valence-corrected chi connectivity index (χ4v) is 4.17. The quantitative estimate of drug-likeness (QED) is 0.520. The van der Waals surface area contributed by atoms with E-state index >= 15 is 0 Å². The lowest BCUT2D eigenvalue weighted by Gasteiger charge is -2.07. The lowest BCUT2D eigenvalue weighted by atomic mass is 10.1. The zero-order chi connectivity index (χ0) is 19.7. The van der Waals surface area contributed by atoms with E-state index in [9.17, 15) is 10.4 Å². The number of benzene rings is 1. The molecule has 0 spiro atoms. The van der Waals surface area contributed by atoms with E-state index in [1.165, 1.54) is 11.3 Å². The zero-order valence-electron chi connectivity index (χ0n) is 14.6. The van der Waals surface area contributed by atoms with Crippen molar-refractivity contribution in [1.29, 1.82) is 5.26 Å². The molecule has 0 amide bonds. The number of hydrogen-bond acceptors (Lipinski definition) is 8. The van der Waals surface area contributed by atoms with Gasteiger partial charge in [0.2, 0.25) is 0 Å². The van der Waals surface area contributed by atoms with Crippen LogP contribution in [0.4, 0.5) is 11.6 Å². The summed E-state index contributed by atoms with van der Waals surface area (Å²) in [4.78, 5) is 17.5. The highest BCUT2D eigenvalue weighted by molar-refractivity contribution is 7.22. The largest absolute Gasteiger partial charge is 0.388 e. The van der Waals surface area contributed by atoms with E-state index in [1.54, 1.807) is 36.5 Å². The van der Waals surface area contributed by atoms with Gasteiger partial charge in [-0.25, -0.2) is 19.9 Å². The maximum Gasteiger partial charge on any atom is 0.156 e. The minimum Gasteiger partial charge on any atom is -0.388 e. The molecule has 0 aliphatic heterocycles. The SMILES string of the molecule is Cc1cc(Nc2nccc3nc(-c4c(Cl)cccc4C#N)sc23)nc(CO)n1. The summed E-state index contributed by atoms with van der Waals surface area (Å²) in [6, 6.07) is 10.9. The van der Waals surface area contributed by atoms with Gasteiger partial charge in [-0.2, -0.15) is 5.26 Å². The Morgan fingerprint density at radius 3 is 2.89 bits per heavy atom. The Morgan fingerprint density at radius 2 is 2.11 bits per heavy atom. The number of aliphatic hydroxyl groups is 1. The van der Waals surface area contributed by atoms with Gasteiger partial charge in [0.25, 0.3) is 0 Å². The highest BCUT2D eigenvalue weighted by Gasteiger charge is 2.17. The molecule has 0 bridgehead atoms. The molecule has 28 heavy (non-hydrogen) atoms. The molecule has 0 saturated carbocycles. The van der Waals surface area contributed by atoms with Gasteiger partial charge in [0.05, 0.1) is 26.9 Å². The minimum absolute atomic E-state index is 0.248. The third-order valence-corrected chi connectivity index (χ3v) is 5.35. The van der Waals surface area contributed by atoms with Crippen molar-refractivity contribution in [3.63, 3.8) is 0 Å². The topological polar surface area (TPSA) is 108 Å². The van der Waals surface area contributed by atoms with Crippen LogP contribution < -0.4 is 5.32 Å². The Kier molecular flexibility index (Phi) is 4.88. The van der Waals surface area contributed by atoms with Crippen LogP contribution in [-0.2, 0) is 6.61 Å². The number of nitrogens with one attached hydrogen (secondary N) is 1. The molecule has 4 aromatic rings. The summed E-state index contributed by atoms with van der Waals surface area (Å²) in [5, 5.41) is 23.0. The number of aliphatic hydroxyl groups excluding tert-OH is 1. The van der Waals surface area contributed by atoms with Crippen molar-refractivity contribution in [2.75, 3.05) is 5.32 Å². The number of pyridine rings is 1. The molecular formula is C19H13ClN6OS. The van der Waals surface area contributed by atoms with Crippen LogP contribution in [0.25, 0.3) is 20.8 Å². The smallest absolute Gasteiger partial charge is 0.156 e. The second-order valence-electron chi connectivity index (χ2n) is 5.89. The van der Waals surface area contributed by atoms with Crippen LogP contribution in [0.1, 0.15) is 17.1 Å². The molecule has 0 aliphatic carbocycles. The first kappa shape index (κ1) is 18.3. The number of hydrogen-bond donors (Lipinski definition) is 2. The van der Waals surface area contributed by atoms with Gasteiger partial charge in [0, 0.05) is 23.5 Å². The van der Waals surface area contributed by atoms with Gasteiger partial charge in [0.1, 0.15) is 17.4 Å². The highest BCUT2D eigenvalue weighted by atomic mass is 35.5. The molecule has 2 N–H and O–H groups in total. The predicted molar refractivity (Wildman–Crippen MR) is 109 cm³/mol. The van der Waals surface area contributed by atoms with Crippen molar-refractivity contribution in [2.24, 2.45) is 0 Å². The molecule has 138 valence electrons. The van der Waals surface area contributed by atoms with Crippen molar-refractivity contribution in [1.82, 2.24) is 19.9 Å². The van der Waals surface area contributed by atoms with Crippen LogP contribution in [0, 0.1) is 18.3 Å². The van der Waals surface area contributed by atoms with Crippen LogP contribution >= 0.6 is 22.9 Å². The Bertz CT molecular complexity index is 1230.